The number of benzene rings is 4. The van der Waals surface area contributed by atoms with E-state index in [2.05, 4.69) is 155 Å². The molecule has 0 spiro atoms. The third-order valence-electron chi connectivity index (χ3n) is 12.4. The molecule has 0 amide bonds. The van der Waals surface area contributed by atoms with Crippen LogP contribution in [0.1, 0.15) is 90.7 Å². The van der Waals surface area contributed by atoms with Gasteiger partial charge in [-0.05, 0) is 0 Å². The zero-order valence-electron chi connectivity index (χ0n) is 31.1. The van der Waals surface area contributed by atoms with Crippen molar-refractivity contribution in [3.63, 3.8) is 0 Å². The zero-order chi connectivity index (χ0) is 35.1. The average molecular weight is 859 g/mol. The summed E-state index contributed by atoms with van der Waals surface area (Å²) in [7, 11) is 17.6. The predicted molar refractivity (Wildman–Crippen MR) is 214 cm³/mol. The Morgan fingerprint density at radius 2 is 0.896 bits per heavy atom. The molecule has 0 nitrogen and oxygen atoms in total. The molecule has 4 heteroatoms. The first kappa shape index (κ1) is 35.8. The average Bonchev–Trinajstić information content (AvgIpc) is 3.64. The van der Waals surface area contributed by atoms with Crippen molar-refractivity contribution in [3.05, 3.63) is 127 Å². The molecule has 4 aromatic carbocycles. The van der Waals surface area contributed by atoms with Crippen LogP contribution in [0.25, 0.3) is 34.4 Å². The number of allylic oxidation sites excluding steroid dienone is 2. The van der Waals surface area contributed by atoms with E-state index in [0.717, 1.165) is 0 Å². The molecule has 6 rings (SSSR count). The van der Waals surface area contributed by atoms with E-state index in [9.17, 15) is 0 Å². The maximum absolute atomic E-state index is 8.79. The molecule has 0 fully saturated rings. The molecule has 2 atom stereocenters. The molecule has 251 valence electrons. The standard InChI is InChI=1S/2C21H23.C2H7Si.2ClH.Hf/c2*1-13(2)18-11-17-7-6-8-20(21(17)12-18)19-10-9-14(3)15(4)16(19)5;1-3-2;;;/h2*6-13H,1-5H3;3H,1-2H3;2*1H;/q;;;;;+2/p-2. The molecule has 2 aliphatic rings. The van der Waals surface area contributed by atoms with Crippen LogP contribution >= 0.6 is 17.2 Å². The van der Waals surface area contributed by atoms with Gasteiger partial charge in [-0.2, -0.15) is 0 Å². The van der Waals surface area contributed by atoms with Crippen molar-refractivity contribution >= 4 is 35.3 Å². The second-order valence-corrected chi connectivity index (χ2v) is 75.1. The second-order valence-electron chi connectivity index (χ2n) is 15.8. The fourth-order valence-corrected chi connectivity index (χ4v) is 53.5. The topological polar surface area (TPSA) is 0 Å². The van der Waals surface area contributed by atoms with Crippen LogP contribution in [0, 0.1) is 53.4 Å². The van der Waals surface area contributed by atoms with E-state index in [-0.39, 0.29) is 7.35 Å². The molecule has 0 heterocycles. The summed E-state index contributed by atoms with van der Waals surface area (Å²) >= 11 is -5.07. The minimum absolute atomic E-state index is 0.0870. The van der Waals surface area contributed by atoms with Crippen LogP contribution in [0.2, 0.25) is 13.1 Å². The summed E-state index contributed by atoms with van der Waals surface area (Å²) in [5.74, 6) is -0.976. The molecular formula is C44H53Cl2HfSi. The summed E-state index contributed by atoms with van der Waals surface area (Å²) in [6, 6.07) is 23.1. The van der Waals surface area contributed by atoms with Crippen molar-refractivity contribution < 1.29 is 15.3 Å². The molecule has 4 aromatic rings. The Kier molecular flexibility index (Phi) is 9.45. The molecular weight excluding hydrogens is 806 g/mol. The van der Waals surface area contributed by atoms with Gasteiger partial charge >= 0.3 is 302 Å². The van der Waals surface area contributed by atoms with E-state index < -0.39 is 21.3 Å². The predicted octanol–water partition coefficient (Wildman–Crippen LogP) is 13.7. The van der Waals surface area contributed by atoms with Crippen LogP contribution in [0.5, 0.6) is 0 Å². The molecule has 0 N–H and O–H groups in total. The van der Waals surface area contributed by atoms with E-state index in [1.165, 1.54) is 89.0 Å². The van der Waals surface area contributed by atoms with Crippen molar-refractivity contribution in [2.75, 3.05) is 0 Å². The Hall–Kier alpha value is -1.97. The second kappa shape index (κ2) is 12.7. The van der Waals surface area contributed by atoms with Crippen LogP contribution < -0.4 is 0 Å². The Morgan fingerprint density at radius 1 is 0.521 bits per heavy atom. The van der Waals surface area contributed by atoms with Crippen molar-refractivity contribution in [1.29, 1.82) is 0 Å². The molecule has 0 aromatic heterocycles. The SMILES string of the molecule is Cc1ccc(-c2cccc3c2C=C(C(C)C)[CH]3[Hf]([Cl])([Cl])([CH]2C(C(C)C)=Cc3c(-c4ccc(C)c(C)c4C)cccc32)[SiH](C)C)c(C)c1C. The fourth-order valence-electron chi connectivity index (χ4n) is 8.88. The van der Waals surface area contributed by atoms with E-state index in [1.807, 2.05) is 0 Å². The van der Waals surface area contributed by atoms with E-state index >= 15 is 0 Å². The normalized spacial score (nSPS) is 18.2. The van der Waals surface area contributed by atoms with Gasteiger partial charge < -0.3 is 0 Å². The van der Waals surface area contributed by atoms with E-state index in [4.69, 9.17) is 17.2 Å². The van der Waals surface area contributed by atoms with Gasteiger partial charge in [0, 0.05) is 0 Å². The number of fused-ring (bicyclic) bond motifs is 2. The van der Waals surface area contributed by atoms with Gasteiger partial charge in [-0.25, -0.2) is 0 Å². The van der Waals surface area contributed by atoms with Crippen LogP contribution in [0.4, 0.5) is 0 Å². The summed E-state index contributed by atoms with van der Waals surface area (Å²) < 4.78 is 0.174. The quantitative estimate of drug-likeness (QED) is 0.162. The van der Waals surface area contributed by atoms with Crippen LogP contribution in [0.15, 0.2) is 71.8 Å². The molecule has 48 heavy (non-hydrogen) atoms. The Labute approximate surface area is 299 Å². The number of hydrogen-bond donors (Lipinski definition) is 0. The zero-order valence-corrected chi connectivity index (χ0v) is 37.3. The van der Waals surface area contributed by atoms with Crippen LogP contribution in [-0.4, -0.2) is 5.98 Å². The molecule has 0 radical (unpaired) electrons. The first-order chi connectivity index (χ1) is 22.5. The summed E-state index contributed by atoms with van der Waals surface area (Å²) in [4.78, 5) is 0. The van der Waals surface area contributed by atoms with Gasteiger partial charge in [0.05, 0.1) is 0 Å². The first-order valence-electron chi connectivity index (χ1n) is 17.9. The van der Waals surface area contributed by atoms with Gasteiger partial charge in [-0.3, -0.25) is 0 Å². The number of halogens is 2. The molecule has 0 saturated carbocycles. The van der Waals surface area contributed by atoms with Crippen LogP contribution in [0.3, 0.4) is 0 Å². The molecule has 0 saturated heterocycles. The monoisotopic (exact) mass is 859 g/mol. The van der Waals surface area contributed by atoms with Gasteiger partial charge in [-0.1, -0.05) is 0 Å². The van der Waals surface area contributed by atoms with Crippen molar-refractivity contribution in [1.82, 2.24) is 0 Å². The van der Waals surface area contributed by atoms with Gasteiger partial charge in [-0.15, -0.1) is 0 Å². The third-order valence-corrected chi connectivity index (χ3v) is 85.0. The van der Waals surface area contributed by atoms with Crippen molar-refractivity contribution in [2.45, 2.75) is 89.7 Å². The van der Waals surface area contributed by atoms with Crippen LogP contribution in [-0.2, 0) is 15.3 Å². The summed E-state index contributed by atoms with van der Waals surface area (Å²) in [6.45, 7) is 27.8. The maximum atomic E-state index is 8.79. The summed E-state index contributed by atoms with van der Waals surface area (Å²) in [5, 5.41) is 0. The first-order valence-corrected chi connectivity index (χ1v) is 40.1. The fraction of sp³-hybridized carbons (Fsp3) is 0.364. The van der Waals surface area contributed by atoms with Gasteiger partial charge in [0.25, 0.3) is 0 Å². The third kappa shape index (κ3) is 5.30. The number of rotatable bonds is 7. The molecule has 2 aliphatic carbocycles. The van der Waals surface area contributed by atoms with Gasteiger partial charge in [0.15, 0.2) is 0 Å². The molecule has 0 aliphatic heterocycles. The summed E-state index contributed by atoms with van der Waals surface area (Å²) in [6.07, 6.45) is 5.02. The van der Waals surface area contributed by atoms with Gasteiger partial charge in [0.1, 0.15) is 0 Å². The Balaban J connectivity index is 1.63. The molecule has 2 unspecified atom stereocenters. The van der Waals surface area contributed by atoms with Gasteiger partial charge in [0.2, 0.25) is 0 Å². The van der Waals surface area contributed by atoms with E-state index in [0.29, 0.717) is 11.8 Å². The minimum atomic E-state index is -5.07. The van der Waals surface area contributed by atoms with Crippen molar-refractivity contribution in [3.8, 4) is 22.3 Å². The number of hydrogen-bond acceptors (Lipinski definition) is 0. The Morgan fingerprint density at radius 3 is 1.23 bits per heavy atom. The van der Waals surface area contributed by atoms with Crippen molar-refractivity contribution in [2.24, 2.45) is 11.8 Å². The summed E-state index contributed by atoms with van der Waals surface area (Å²) in [5.41, 5.74) is 21.7. The van der Waals surface area contributed by atoms with E-state index in [1.54, 1.807) is 0 Å². The molecule has 0 bridgehead atoms. The Bertz CT molecular complexity index is 1890. The number of aryl methyl sites for hydroxylation is 2.